The highest BCUT2D eigenvalue weighted by atomic mass is 35.5. The molecule has 0 amide bonds. The molecule has 2 aromatic carbocycles. The Bertz CT molecular complexity index is 1120. The summed E-state index contributed by atoms with van der Waals surface area (Å²) in [6, 6.07) is 16.6. The molecule has 0 atom stereocenters. The van der Waals surface area contributed by atoms with Crippen molar-refractivity contribution < 1.29 is 4.79 Å². The van der Waals surface area contributed by atoms with Crippen LogP contribution in [0.4, 0.5) is 5.69 Å². The van der Waals surface area contributed by atoms with Gasteiger partial charge in [-0.1, -0.05) is 60.1 Å². The zero-order chi connectivity index (χ0) is 21.7. The van der Waals surface area contributed by atoms with Crippen LogP contribution in [-0.2, 0) is 7.05 Å². The molecule has 0 unspecified atom stereocenters. The molecule has 1 heterocycles. The van der Waals surface area contributed by atoms with Gasteiger partial charge >= 0.3 is 0 Å². The number of anilines is 1. The van der Waals surface area contributed by atoms with Crippen molar-refractivity contribution in [1.29, 1.82) is 0 Å². The highest BCUT2D eigenvalue weighted by Gasteiger charge is 2.25. The average molecular weight is 422 g/mol. The minimum absolute atomic E-state index is 0.268. The molecule has 0 spiro atoms. The maximum atomic E-state index is 13.4. The van der Waals surface area contributed by atoms with Crippen LogP contribution in [0.5, 0.6) is 0 Å². The highest BCUT2D eigenvalue weighted by molar-refractivity contribution is 6.30. The van der Waals surface area contributed by atoms with Gasteiger partial charge in [0.1, 0.15) is 11.4 Å². The van der Waals surface area contributed by atoms with Crippen molar-refractivity contribution in [2.75, 3.05) is 18.0 Å². The first kappa shape index (κ1) is 21.5. The van der Waals surface area contributed by atoms with Crippen LogP contribution in [0.25, 0.3) is 17.3 Å². The maximum Gasteiger partial charge on any atom is 0.290 e. The first-order valence-corrected chi connectivity index (χ1v) is 10.2. The van der Waals surface area contributed by atoms with Gasteiger partial charge in [0.15, 0.2) is 5.78 Å². The smallest absolute Gasteiger partial charge is 0.290 e. The number of carbonyl (C=O) groups excluding carboxylic acids is 1. The van der Waals surface area contributed by atoms with Crippen molar-refractivity contribution in [3.05, 3.63) is 87.2 Å². The van der Waals surface area contributed by atoms with Gasteiger partial charge in [0.2, 0.25) is 0 Å². The normalized spacial score (nSPS) is 11.1. The minimum Gasteiger partial charge on any atom is -0.367 e. The van der Waals surface area contributed by atoms with Crippen molar-refractivity contribution in [2.24, 2.45) is 7.05 Å². The molecule has 0 aliphatic carbocycles. The Balaban J connectivity index is 2.21. The first-order valence-electron chi connectivity index (χ1n) is 9.85. The number of hydrogen-bond donors (Lipinski definition) is 0. The lowest BCUT2D eigenvalue weighted by Crippen LogP contribution is -2.35. The first-order chi connectivity index (χ1) is 14.5. The lowest BCUT2D eigenvalue weighted by atomic mass is 10.00. The van der Waals surface area contributed by atoms with Crippen LogP contribution in [0.1, 0.15) is 29.8 Å². The molecule has 5 nitrogen and oxygen atoms in total. The molecule has 0 aliphatic heterocycles. The molecule has 0 N–H and O–H groups in total. The van der Waals surface area contributed by atoms with Gasteiger partial charge < -0.3 is 4.90 Å². The lowest BCUT2D eigenvalue weighted by molar-refractivity contribution is 0.104. The number of aromatic nitrogens is 2. The van der Waals surface area contributed by atoms with Gasteiger partial charge in [-0.25, -0.2) is 4.68 Å². The summed E-state index contributed by atoms with van der Waals surface area (Å²) in [5.41, 5.74) is 2.52. The van der Waals surface area contributed by atoms with Crippen molar-refractivity contribution in [2.45, 2.75) is 13.8 Å². The summed E-state index contributed by atoms with van der Waals surface area (Å²) in [6.45, 7) is 5.13. The van der Waals surface area contributed by atoms with Gasteiger partial charge in [-0.05, 0) is 37.6 Å². The Morgan fingerprint density at radius 1 is 1.07 bits per heavy atom. The van der Waals surface area contributed by atoms with E-state index >= 15 is 0 Å². The lowest BCUT2D eigenvalue weighted by Gasteiger charge is -2.24. The quantitative estimate of drug-likeness (QED) is 0.404. The monoisotopic (exact) mass is 421 g/mol. The number of nitrogens with zero attached hydrogens (tertiary/aromatic N) is 3. The topological polar surface area (TPSA) is 55.2 Å². The molecule has 1 aromatic heterocycles. The van der Waals surface area contributed by atoms with Gasteiger partial charge in [0.25, 0.3) is 5.56 Å². The average Bonchev–Trinajstić information content (AvgIpc) is 2.77. The van der Waals surface area contributed by atoms with Crippen LogP contribution in [0, 0.1) is 0 Å². The number of carbonyl (C=O) groups is 1. The standard InChI is InChI=1S/C24H24ClN3O2/c1-4-28(5-2)23-21(20(29)16-13-17-11-14-19(25)15-12-17)22(26-27(3)24(23)30)18-9-7-6-8-10-18/h6-16H,4-5H2,1-3H3/b16-13-. The Kier molecular flexibility index (Phi) is 6.85. The summed E-state index contributed by atoms with van der Waals surface area (Å²) in [5.74, 6) is -0.268. The van der Waals surface area contributed by atoms with E-state index in [-0.39, 0.29) is 11.3 Å². The molecule has 30 heavy (non-hydrogen) atoms. The molecule has 6 heteroatoms. The van der Waals surface area contributed by atoms with Gasteiger partial charge in [0, 0.05) is 30.7 Å². The summed E-state index contributed by atoms with van der Waals surface area (Å²) in [6.07, 6.45) is 3.20. The summed E-state index contributed by atoms with van der Waals surface area (Å²) in [5, 5.41) is 5.08. The van der Waals surface area contributed by atoms with Gasteiger partial charge in [0.05, 0.1) is 5.56 Å². The summed E-state index contributed by atoms with van der Waals surface area (Å²) >= 11 is 5.94. The predicted octanol–water partition coefficient (Wildman–Crippen LogP) is 4.84. The minimum atomic E-state index is -0.290. The molecule has 3 aromatic rings. The van der Waals surface area contributed by atoms with Gasteiger partial charge in [-0.2, -0.15) is 5.10 Å². The highest BCUT2D eigenvalue weighted by Crippen LogP contribution is 2.28. The Morgan fingerprint density at radius 3 is 2.30 bits per heavy atom. The Labute approximate surface area is 181 Å². The van der Waals surface area contributed by atoms with Crippen LogP contribution < -0.4 is 10.5 Å². The number of halogens is 1. The fraction of sp³-hybridized carbons (Fsp3) is 0.208. The number of aryl methyl sites for hydroxylation is 1. The molecule has 0 radical (unpaired) electrons. The zero-order valence-corrected chi connectivity index (χ0v) is 18.1. The summed E-state index contributed by atoms with van der Waals surface area (Å²) < 4.78 is 1.30. The third kappa shape index (κ3) is 4.52. The van der Waals surface area contributed by atoms with E-state index in [9.17, 15) is 9.59 Å². The summed E-state index contributed by atoms with van der Waals surface area (Å²) in [7, 11) is 1.61. The zero-order valence-electron chi connectivity index (χ0n) is 17.3. The van der Waals surface area contributed by atoms with E-state index in [1.165, 1.54) is 10.8 Å². The molecule has 3 rings (SSSR count). The molecular weight excluding hydrogens is 398 g/mol. The number of benzene rings is 2. The van der Waals surface area contributed by atoms with E-state index in [1.54, 1.807) is 25.3 Å². The molecule has 0 fully saturated rings. The largest absolute Gasteiger partial charge is 0.367 e. The third-order valence-corrected chi connectivity index (χ3v) is 5.14. The Hall–Kier alpha value is -3.18. The fourth-order valence-electron chi connectivity index (χ4n) is 3.31. The van der Waals surface area contributed by atoms with E-state index in [1.807, 2.05) is 61.2 Å². The van der Waals surface area contributed by atoms with Crippen LogP contribution >= 0.6 is 11.6 Å². The van der Waals surface area contributed by atoms with Crippen molar-refractivity contribution in [1.82, 2.24) is 9.78 Å². The number of allylic oxidation sites excluding steroid dienone is 1. The van der Waals surface area contributed by atoms with E-state index in [4.69, 9.17) is 11.6 Å². The van der Waals surface area contributed by atoms with Crippen LogP contribution in [0.15, 0.2) is 65.5 Å². The number of hydrogen-bond acceptors (Lipinski definition) is 4. The number of rotatable bonds is 7. The molecule has 0 saturated heterocycles. The van der Waals surface area contributed by atoms with E-state index in [0.717, 1.165) is 11.1 Å². The second kappa shape index (κ2) is 9.55. The van der Waals surface area contributed by atoms with E-state index in [2.05, 4.69) is 5.10 Å². The van der Waals surface area contributed by atoms with Crippen LogP contribution in [0.3, 0.4) is 0 Å². The van der Waals surface area contributed by atoms with E-state index in [0.29, 0.717) is 35.1 Å². The van der Waals surface area contributed by atoms with Crippen molar-refractivity contribution in [3.63, 3.8) is 0 Å². The second-order valence-electron chi connectivity index (χ2n) is 6.79. The van der Waals surface area contributed by atoms with Crippen molar-refractivity contribution >= 4 is 29.1 Å². The van der Waals surface area contributed by atoms with Crippen LogP contribution in [-0.4, -0.2) is 28.7 Å². The van der Waals surface area contributed by atoms with E-state index < -0.39 is 0 Å². The molecule has 0 saturated carbocycles. The van der Waals surface area contributed by atoms with Gasteiger partial charge in [-0.15, -0.1) is 0 Å². The van der Waals surface area contributed by atoms with Gasteiger partial charge in [-0.3, -0.25) is 9.59 Å². The fourth-order valence-corrected chi connectivity index (χ4v) is 3.44. The SMILES string of the molecule is CCN(CC)c1c(C(=O)/C=C\c2ccc(Cl)cc2)c(-c2ccccc2)nn(C)c1=O. The third-order valence-electron chi connectivity index (χ3n) is 4.89. The number of ketones is 1. The Morgan fingerprint density at radius 2 is 1.70 bits per heavy atom. The summed E-state index contributed by atoms with van der Waals surface area (Å²) in [4.78, 5) is 28.3. The molecular formula is C24H24ClN3O2. The predicted molar refractivity (Wildman–Crippen MR) is 123 cm³/mol. The maximum absolute atomic E-state index is 13.4. The molecule has 0 bridgehead atoms. The molecule has 154 valence electrons. The second-order valence-corrected chi connectivity index (χ2v) is 7.22. The van der Waals surface area contributed by atoms with Crippen LogP contribution in [0.2, 0.25) is 5.02 Å². The van der Waals surface area contributed by atoms with Crippen molar-refractivity contribution in [3.8, 4) is 11.3 Å². The molecule has 0 aliphatic rings.